The molecule has 1 aliphatic rings. The number of likely N-dealkylation sites (N-methyl/N-ethyl adjacent to an activating group) is 1. The highest BCUT2D eigenvalue weighted by Gasteiger charge is 2.38. The molecule has 3 aromatic rings. The van der Waals surface area contributed by atoms with Crippen molar-refractivity contribution in [1.29, 1.82) is 0 Å². The van der Waals surface area contributed by atoms with Crippen molar-refractivity contribution in [2.45, 2.75) is 25.3 Å². The van der Waals surface area contributed by atoms with Gasteiger partial charge in [0.25, 0.3) is 5.91 Å². The topological polar surface area (TPSA) is 49.9 Å². The minimum atomic E-state index is -0.309. The molecular formula is C26H26N2O3. The van der Waals surface area contributed by atoms with E-state index in [0.29, 0.717) is 17.7 Å². The number of benzene rings is 3. The van der Waals surface area contributed by atoms with E-state index < -0.39 is 0 Å². The lowest BCUT2D eigenvalue weighted by Gasteiger charge is -2.40. The summed E-state index contributed by atoms with van der Waals surface area (Å²) in [5, 5.41) is 0. The fourth-order valence-corrected chi connectivity index (χ4v) is 4.24. The highest BCUT2D eigenvalue weighted by Crippen LogP contribution is 2.40. The molecule has 31 heavy (non-hydrogen) atoms. The van der Waals surface area contributed by atoms with Crippen molar-refractivity contribution in [3.8, 4) is 5.75 Å². The number of ether oxygens (including phenoxy) is 1. The first-order valence-electron chi connectivity index (χ1n) is 10.4. The van der Waals surface area contributed by atoms with Crippen molar-refractivity contribution >= 4 is 23.2 Å². The largest absolute Gasteiger partial charge is 0.497 e. The molecule has 0 aromatic heterocycles. The Morgan fingerprint density at radius 2 is 1.58 bits per heavy atom. The van der Waals surface area contributed by atoms with Crippen molar-refractivity contribution < 1.29 is 14.3 Å². The normalized spacial score (nSPS) is 17.6. The summed E-state index contributed by atoms with van der Waals surface area (Å²) in [5.74, 6) is 0.349. The number of nitrogens with zero attached hydrogens (tertiary/aromatic N) is 2. The van der Waals surface area contributed by atoms with Crippen LogP contribution < -0.4 is 14.5 Å². The molecule has 0 saturated carbocycles. The van der Waals surface area contributed by atoms with Gasteiger partial charge in [-0.05, 0) is 61.4 Å². The molecule has 4 rings (SSSR count). The Morgan fingerprint density at radius 3 is 2.26 bits per heavy atom. The van der Waals surface area contributed by atoms with Crippen LogP contribution in [0.2, 0.25) is 0 Å². The average Bonchev–Trinajstić information content (AvgIpc) is 2.83. The number of amides is 2. The van der Waals surface area contributed by atoms with Gasteiger partial charge in [0, 0.05) is 30.0 Å². The van der Waals surface area contributed by atoms with Crippen molar-refractivity contribution in [3.63, 3.8) is 0 Å². The molecule has 0 fully saturated rings. The minimum Gasteiger partial charge on any atom is -0.497 e. The van der Waals surface area contributed by atoms with Crippen molar-refractivity contribution in [3.05, 3.63) is 90.0 Å². The molecule has 1 aliphatic heterocycles. The van der Waals surface area contributed by atoms with E-state index in [1.807, 2.05) is 66.4 Å². The van der Waals surface area contributed by atoms with E-state index in [0.717, 1.165) is 16.9 Å². The first kappa shape index (κ1) is 20.7. The van der Waals surface area contributed by atoms with Crippen LogP contribution in [0.3, 0.4) is 0 Å². The summed E-state index contributed by atoms with van der Waals surface area (Å²) in [5.41, 5.74) is 3.13. The van der Waals surface area contributed by atoms with Crippen LogP contribution in [0, 0.1) is 0 Å². The van der Waals surface area contributed by atoms with Crippen molar-refractivity contribution in [2.75, 3.05) is 24.0 Å². The number of para-hydroxylation sites is 2. The number of anilines is 2. The predicted molar refractivity (Wildman–Crippen MR) is 123 cm³/mol. The molecule has 0 bridgehead atoms. The fraction of sp³-hybridized carbons (Fsp3) is 0.231. The number of carbonyl (C=O) groups excluding carboxylic acids is 2. The first-order valence-corrected chi connectivity index (χ1v) is 10.4. The summed E-state index contributed by atoms with van der Waals surface area (Å²) in [6.45, 7) is 2.00. The van der Waals surface area contributed by atoms with Crippen LogP contribution in [0.25, 0.3) is 0 Å². The monoisotopic (exact) mass is 414 g/mol. The summed E-state index contributed by atoms with van der Waals surface area (Å²) >= 11 is 0. The molecule has 5 heteroatoms. The van der Waals surface area contributed by atoms with Gasteiger partial charge in [0.05, 0.1) is 13.0 Å². The second-order valence-corrected chi connectivity index (χ2v) is 7.83. The molecule has 2 unspecified atom stereocenters. The van der Waals surface area contributed by atoms with Crippen molar-refractivity contribution in [2.24, 2.45) is 0 Å². The van der Waals surface area contributed by atoms with Gasteiger partial charge < -0.3 is 14.5 Å². The minimum absolute atomic E-state index is 0.0297. The zero-order valence-corrected chi connectivity index (χ0v) is 18.0. The number of hydrogen-bond acceptors (Lipinski definition) is 3. The molecule has 0 spiro atoms. The van der Waals surface area contributed by atoms with Crippen LogP contribution in [-0.2, 0) is 4.79 Å². The second kappa shape index (κ2) is 8.64. The van der Waals surface area contributed by atoms with Crippen LogP contribution in [0.1, 0.15) is 35.2 Å². The third kappa shape index (κ3) is 3.91. The third-order valence-corrected chi connectivity index (χ3v) is 5.92. The van der Waals surface area contributed by atoms with Gasteiger partial charge in [0.1, 0.15) is 5.75 Å². The van der Waals surface area contributed by atoms with Gasteiger partial charge in [0.15, 0.2) is 0 Å². The van der Waals surface area contributed by atoms with Gasteiger partial charge >= 0.3 is 0 Å². The summed E-state index contributed by atoms with van der Waals surface area (Å²) < 4.78 is 5.20. The Morgan fingerprint density at radius 1 is 0.935 bits per heavy atom. The molecule has 2 atom stereocenters. The highest BCUT2D eigenvalue weighted by molar-refractivity contribution is 6.09. The third-order valence-electron chi connectivity index (χ3n) is 5.92. The lowest BCUT2D eigenvalue weighted by atomic mass is 9.84. The number of fused-ring (bicyclic) bond motifs is 1. The van der Waals surface area contributed by atoms with Crippen LogP contribution in [0.5, 0.6) is 5.75 Å². The zero-order chi connectivity index (χ0) is 22.0. The summed E-state index contributed by atoms with van der Waals surface area (Å²) in [6, 6.07) is 24.3. The van der Waals surface area contributed by atoms with Crippen molar-refractivity contribution in [1.82, 2.24) is 0 Å². The van der Waals surface area contributed by atoms with Crippen LogP contribution in [-0.4, -0.2) is 32.0 Å². The molecule has 0 saturated heterocycles. The molecule has 2 amide bonds. The molecule has 158 valence electrons. The SMILES string of the molecule is COc1ccc(C(=O)N2c3ccccc3C(C(=O)N(C)c3ccccc3)CC2C)cc1. The molecule has 3 aromatic carbocycles. The van der Waals surface area contributed by atoms with Gasteiger partial charge in [0.2, 0.25) is 5.91 Å². The van der Waals surface area contributed by atoms with Crippen LogP contribution >= 0.6 is 0 Å². The number of carbonyl (C=O) groups is 2. The zero-order valence-electron chi connectivity index (χ0n) is 18.0. The fourth-order valence-electron chi connectivity index (χ4n) is 4.24. The maximum Gasteiger partial charge on any atom is 0.258 e. The lowest BCUT2D eigenvalue weighted by molar-refractivity contribution is -0.120. The lowest BCUT2D eigenvalue weighted by Crippen LogP contribution is -2.46. The quantitative estimate of drug-likeness (QED) is 0.611. The maximum atomic E-state index is 13.4. The molecule has 0 radical (unpaired) electrons. The second-order valence-electron chi connectivity index (χ2n) is 7.83. The van der Waals surface area contributed by atoms with Gasteiger partial charge in [-0.25, -0.2) is 0 Å². The van der Waals surface area contributed by atoms with E-state index in [-0.39, 0.29) is 23.8 Å². The number of methoxy groups -OCH3 is 1. The van der Waals surface area contributed by atoms with Gasteiger partial charge in [-0.1, -0.05) is 36.4 Å². The van der Waals surface area contributed by atoms with E-state index in [1.165, 1.54) is 0 Å². The Kier molecular flexibility index (Phi) is 5.76. The highest BCUT2D eigenvalue weighted by atomic mass is 16.5. The van der Waals surface area contributed by atoms with E-state index in [1.54, 1.807) is 43.3 Å². The van der Waals surface area contributed by atoms with E-state index >= 15 is 0 Å². The Hall–Kier alpha value is -3.60. The van der Waals surface area contributed by atoms with E-state index in [4.69, 9.17) is 4.74 Å². The number of hydrogen-bond donors (Lipinski definition) is 0. The van der Waals surface area contributed by atoms with Gasteiger partial charge in [-0.15, -0.1) is 0 Å². The molecular weight excluding hydrogens is 388 g/mol. The van der Waals surface area contributed by atoms with Crippen LogP contribution in [0.15, 0.2) is 78.9 Å². The summed E-state index contributed by atoms with van der Waals surface area (Å²) in [7, 11) is 3.41. The van der Waals surface area contributed by atoms with Crippen LogP contribution in [0.4, 0.5) is 11.4 Å². The Balaban J connectivity index is 1.67. The average molecular weight is 415 g/mol. The molecule has 1 heterocycles. The van der Waals surface area contributed by atoms with Gasteiger partial charge in [-0.3, -0.25) is 9.59 Å². The molecule has 0 N–H and O–H groups in total. The maximum absolute atomic E-state index is 13.4. The predicted octanol–water partition coefficient (Wildman–Crippen LogP) is 4.88. The number of rotatable bonds is 4. The first-order chi connectivity index (χ1) is 15.0. The standard InChI is InChI=1S/C26H26N2O3/c1-18-17-23(26(30)27(2)20-9-5-4-6-10-20)22-11-7-8-12-24(22)28(18)25(29)19-13-15-21(31-3)16-14-19/h4-16,18,23H,17H2,1-3H3. The Bertz CT molecular complexity index is 1080. The smallest absolute Gasteiger partial charge is 0.258 e. The van der Waals surface area contributed by atoms with E-state index in [9.17, 15) is 9.59 Å². The summed E-state index contributed by atoms with van der Waals surface area (Å²) in [4.78, 5) is 30.3. The molecule has 5 nitrogen and oxygen atoms in total. The molecule has 0 aliphatic carbocycles. The summed E-state index contributed by atoms with van der Waals surface area (Å²) in [6.07, 6.45) is 0.564. The Labute approximate surface area is 182 Å². The van der Waals surface area contributed by atoms with E-state index in [2.05, 4.69) is 0 Å². The van der Waals surface area contributed by atoms with Gasteiger partial charge in [-0.2, -0.15) is 0 Å².